The van der Waals surface area contributed by atoms with Crippen LogP contribution in [0.15, 0.2) is 65.7 Å². The molecule has 0 saturated carbocycles. The average molecular weight is 402 g/mol. The van der Waals surface area contributed by atoms with E-state index in [1.54, 1.807) is 13.1 Å². The van der Waals surface area contributed by atoms with Crippen molar-refractivity contribution in [3.8, 4) is 10.6 Å². The Bertz CT molecular complexity index is 1010. The summed E-state index contributed by atoms with van der Waals surface area (Å²) < 4.78 is 31.5. The highest BCUT2D eigenvalue weighted by Gasteiger charge is 2.15. The second-order valence-electron chi connectivity index (χ2n) is 5.60. The minimum absolute atomic E-state index is 0.107. The summed E-state index contributed by atoms with van der Waals surface area (Å²) in [5, 5.41) is 0.861. The number of nitrogens with zero attached hydrogens (tertiary/aromatic N) is 1. The lowest BCUT2D eigenvalue weighted by Crippen LogP contribution is -2.23. The third-order valence-corrected chi connectivity index (χ3v) is 6.24. The van der Waals surface area contributed by atoms with Gasteiger partial charge in [0.1, 0.15) is 11.6 Å². The van der Waals surface area contributed by atoms with E-state index >= 15 is 0 Å². The predicted octanol–water partition coefficient (Wildman–Crippen LogP) is 3.47. The fourth-order valence-corrected chi connectivity index (χ4v) is 4.22. The van der Waals surface area contributed by atoms with Crippen LogP contribution in [0.1, 0.15) is 22.2 Å². The molecule has 3 aromatic rings. The number of esters is 1. The van der Waals surface area contributed by atoms with E-state index in [9.17, 15) is 13.2 Å². The topological polar surface area (TPSA) is 85.4 Å². The van der Waals surface area contributed by atoms with E-state index in [4.69, 9.17) is 4.74 Å². The van der Waals surface area contributed by atoms with Gasteiger partial charge in [0.05, 0.1) is 15.3 Å². The first-order chi connectivity index (χ1) is 13.0. The quantitative estimate of drug-likeness (QED) is 0.612. The molecule has 0 aliphatic rings. The van der Waals surface area contributed by atoms with E-state index in [2.05, 4.69) is 9.71 Å². The molecule has 0 atom stereocenters. The molecule has 0 aliphatic heterocycles. The van der Waals surface area contributed by atoms with Crippen molar-refractivity contribution >= 4 is 27.3 Å². The first-order valence-electron chi connectivity index (χ1n) is 8.26. The van der Waals surface area contributed by atoms with Crippen molar-refractivity contribution in [2.45, 2.75) is 18.4 Å². The van der Waals surface area contributed by atoms with Gasteiger partial charge in [-0.05, 0) is 24.3 Å². The molecule has 1 aromatic heterocycles. The third-order valence-electron chi connectivity index (χ3n) is 3.65. The molecule has 2 aromatic carbocycles. The van der Waals surface area contributed by atoms with E-state index in [1.165, 1.54) is 35.6 Å². The Morgan fingerprint density at radius 1 is 1.11 bits per heavy atom. The van der Waals surface area contributed by atoms with Crippen molar-refractivity contribution in [2.24, 2.45) is 0 Å². The third kappa shape index (κ3) is 4.79. The van der Waals surface area contributed by atoms with E-state index < -0.39 is 16.0 Å². The molecule has 0 fully saturated rings. The smallest absolute Gasteiger partial charge is 0.338 e. The monoisotopic (exact) mass is 402 g/mol. The summed E-state index contributed by atoms with van der Waals surface area (Å²) in [6.45, 7) is 2.11. The fraction of sp³-hybridized carbons (Fsp3) is 0.158. The summed E-state index contributed by atoms with van der Waals surface area (Å²) in [6.07, 6.45) is 1.69. The number of hydrogen-bond acceptors (Lipinski definition) is 6. The number of rotatable bonds is 7. The van der Waals surface area contributed by atoms with Crippen molar-refractivity contribution in [1.29, 1.82) is 0 Å². The van der Waals surface area contributed by atoms with Gasteiger partial charge in [0, 0.05) is 18.3 Å². The van der Waals surface area contributed by atoms with E-state index in [0.29, 0.717) is 12.1 Å². The molecular weight excluding hydrogens is 384 g/mol. The molecule has 6 nitrogen and oxygen atoms in total. The number of carbonyl (C=O) groups excluding carboxylic acids is 1. The van der Waals surface area contributed by atoms with Crippen molar-refractivity contribution in [2.75, 3.05) is 6.54 Å². The number of hydrogen-bond donors (Lipinski definition) is 1. The predicted molar refractivity (Wildman–Crippen MR) is 104 cm³/mol. The second kappa shape index (κ2) is 8.43. The van der Waals surface area contributed by atoms with Crippen LogP contribution < -0.4 is 4.72 Å². The molecule has 8 heteroatoms. The van der Waals surface area contributed by atoms with Gasteiger partial charge in [-0.1, -0.05) is 37.3 Å². The Balaban J connectivity index is 1.62. The number of thiazole rings is 1. The number of sulfonamides is 1. The molecule has 0 saturated heterocycles. The first kappa shape index (κ1) is 19.2. The van der Waals surface area contributed by atoms with Crippen molar-refractivity contribution in [3.05, 3.63) is 71.2 Å². The molecule has 3 rings (SSSR count). The van der Waals surface area contributed by atoms with Crippen LogP contribution in [0.4, 0.5) is 0 Å². The van der Waals surface area contributed by atoms with Crippen molar-refractivity contribution < 1.29 is 17.9 Å². The zero-order valence-electron chi connectivity index (χ0n) is 14.6. The highest BCUT2D eigenvalue weighted by molar-refractivity contribution is 7.89. The number of nitrogens with one attached hydrogen (secondary N) is 1. The van der Waals surface area contributed by atoms with E-state index in [0.717, 1.165) is 15.4 Å². The molecule has 0 spiro atoms. The maximum atomic E-state index is 12.2. The average Bonchev–Trinajstić information content (AvgIpc) is 3.16. The SMILES string of the molecule is CCNS(=O)(=O)c1ccc(C(=O)OCc2cnc(-c3ccccc3)s2)cc1. The van der Waals surface area contributed by atoms with E-state index in [-0.39, 0.29) is 11.5 Å². The summed E-state index contributed by atoms with van der Waals surface area (Å²) in [4.78, 5) is 17.5. The zero-order valence-corrected chi connectivity index (χ0v) is 16.2. The van der Waals surface area contributed by atoms with Crippen LogP contribution in [-0.2, 0) is 21.4 Å². The van der Waals surface area contributed by atoms with Crippen LogP contribution in [-0.4, -0.2) is 25.9 Å². The molecular formula is C19H18N2O4S2. The van der Waals surface area contributed by atoms with Gasteiger partial charge in [-0.3, -0.25) is 0 Å². The van der Waals surface area contributed by atoms with Gasteiger partial charge in [-0.2, -0.15) is 0 Å². The van der Waals surface area contributed by atoms with Gasteiger partial charge in [0.15, 0.2) is 0 Å². The molecule has 0 amide bonds. The molecule has 0 aliphatic carbocycles. The largest absolute Gasteiger partial charge is 0.456 e. The lowest BCUT2D eigenvalue weighted by Gasteiger charge is -2.06. The normalized spacial score (nSPS) is 11.3. The fourth-order valence-electron chi connectivity index (χ4n) is 2.35. The van der Waals surface area contributed by atoms with Gasteiger partial charge in [0.2, 0.25) is 10.0 Å². The van der Waals surface area contributed by atoms with Gasteiger partial charge in [-0.25, -0.2) is 22.9 Å². The van der Waals surface area contributed by atoms with Gasteiger partial charge in [-0.15, -0.1) is 11.3 Å². The highest BCUT2D eigenvalue weighted by atomic mass is 32.2. The van der Waals surface area contributed by atoms with Crippen LogP contribution >= 0.6 is 11.3 Å². The van der Waals surface area contributed by atoms with Crippen molar-refractivity contribution in [1.82, 2.24) is 9.71 Å². The first-order valence-corrected chi connectivity index (χ1v) is 10.6. The van der Waals surface area contributed by atoms with Gasteiger partial charge >= 0.3 is 5.97 Å². The Morgan fingerprint density at radius 3 is 2.48 bits per heavy atom. The maximum absolute atomic E-state index is 12.2. The minimum atomic E-state index is -3.54. The Kier molecular flexibility index (Phi) is 6.00. The van der Waals surface area contributed by atoms with Gasteiger partial charge < -0.3 is 4.74 Å². The van der Waals surface area contributed by atoms with Crippen LogP contribution in [0, 0.1) is 0 Å². The number of carbonyl (C=O) groups is 1. The molecule has 0 radical (unpaired) electrons. The zero-order chi connectivity index (χ0) is 19.3. The molecule has 27 heavy (non-hydrogen) atoms. The number of ether oxygens (including phenoxy) is 1. The molecule has 140 valence electrons. The lowest BCUT2D eigenvalue weighted by molar-refractivity contribution is 0.0476. The lowest BCUT2D eigenvalue weighted by atomic mass is 10.2. The van der Waals surface area contributed by atoms with Crippen LogP contribution in [0.2, 0.25) is 0 Å². The number of aromatic nitrogens is 1. The summed E-state index contributed by atoms with van der Waals surface area (Å²) in [7, 11) is -3.54. The van der Waals surface area contributed by atoms with Crippen LogP contribution in [0.3, 0.4) is 0 Å². The molecule has 1 heterocycles. The minimum Gasteiger partial charge on any atom is -0.456 e. The number of benzene rings is 2. The Hall–Kier alpha value is -2.55. The Morgan fingerprint density at radius 2 is 1.81 bits per heavy atom. The standard InChI is InChI=1S/C19H18N2O4S2/c1-2-21-27(23,24)17-10-8-15(9-11-17)19(22)25-13-16-12-20-18(26-16)14-6-4-3-5-7-14/h3-12,21H,2,13H2,1H3. The molecule has 0 bridgehead atoms. The summed E-state index contributed by atoms with van der Waals surface area (Å²) in [6, 6.07) is 15.4. The second-order valence-corrected chi connectivity index (χ2v) is 8.48. The van der Waals surface area contributed by atoms with Crippen LogP contribution in [0.5, 0.6) is 0 Å². The Labute approximate surface area is 161 Å². The summed E-state index contributed by atoms with van der Waals surface area (Å²) >= 11 is 1.46. The molecule has 0 unspecified atom stereocenters. The van der Waals surface area contributed by atoms with E-state index in [1.807, 2.05) is 30.3 Å². The maximum Gasteiger partial charge on any atom is 0.338 e. The highest BCUT2D eigenvalue weighted by Crippen LogP contribution is 2.25. The van der Waals surface area contributed by atoms with Crippen molar-refractivity contribution in [3.63, 3.8) is 0 Å². The molecule has 1 N–H and O–H groups in total. The summed E-state index contributed by atoms with van der Waals surface area (Å²) in [5.41, 5.74) is 1.30. The summed E-state index contributed by atoms with van der Waals surface area (Å²) in [5.74, 6) is -0.517. The van der Waals surface area contributed by atoms with Gasteiger partial charge in [0.25, 0.3) is 0 Å². The van der Waals surface area contributed by atoms with Crippen LogP contribution in [0.25, 0.3) is 10.6 Å².